The zero-order valence-electron chi connectivity index (χ0n) is 15.9. The van der Waals surface area contributed by atoms with Gasteiger partial charge >= 0.3 is 5.97 Å². The molecule has 0 spiro atoms. The minimum atomic E-state index is -0.740. The van der Waals surface area contributed by atoms with E-state index in [0.29, 0.717) is 24.5 Å². The van der Waals surface area contributed by atoms with E-state index in [-0.39, 0.29) is 6.04 Å². The largest absolute Gasteiger partial charge is 0.493 e. The number of benzene rings is 2. The van der Waals surface area contributed by atoms with E-state index >= 15 is 0 Å². The van der Waals surface area contributed by atoms with Gasteiger partial charge in [-0.3, -0.25) is 9.69 Å². The van der Waals surface area contributed by atoms with Crippen LogP contribution in [-0.2, 0) is 11.4 Å². The molecule has 0 bridgehead atoms. The number of nitrogens with zero attached hydrogens (tertiary/aromatic N) is 1. The summed E-state index contributed by atoms with van der Waals surface area (Å²) in [5, 5.41) is 9.54. The third kappa shape index (κ3) is 4.61. The molecular weight excluding hydrogens is 342 g/mol. The second-order valence-corrected chi connectivity index (χ2v) is 6.95. The van der Waals surface area contributed by atoms with Crippen LogP contribution in [0.4, 0.5) is 0 Å². The summed E-state index contributed by atoms with van der Waals surface area (Å²) >= 11 is 0. The number of carboxylic acid groups (broad SMARTS) is 1. The standard InChI is InChI=1S/C22H27NO4/c1-16(23-13-7-6-10-19(23)22(24)25)18-11-12-20(21(14-18)26-2)27-15-17-8-4-3-5-9-17/h3-5,8-9,11-12,14,16,19H,6-7,10,13,15H2,1-2H3,(H,24,25). The molecule has 5 nitrogen and oxygen atoms in total. The first kappa shape index (κ1) is 19.2. The van der Waals surface area contributed by atoms with Crippen molar-refractivity contribution in [2.75, 3.05) is 13.7 Å². The van der Waals surface area contributed by atoms with E-state index in [0.717, 1.165) is 30.5 Å². The molecule has 0 radical (unpaired) electrons. The lowest BCUT2D eigenvalue weighted by molar-refractivity contribution is -0.145. The number of likely N-dealkylation sites (tertiary alicyclic amines) is 1. The van der Waals surface area contributed by atoms with E-state index in [1.165, 1.54) is 0 Å². The fraction of sp³-hybridized carbons (Fsp3) is 0.409. The SMILES string of the molecule is COc1cc(C(C)N2CCCCC2C(=O)O)ccc1OCc1ccccc1. The molecule has 1 aliphatic rings. The van der Waals surface area contributed by atoms with Crippen molar-refractivity contribution < 1.29 is 19.4 Å². The Morgan fingerprint density at radius 1 is 1.19 bits per heavy atom. The van der Waals surface area contributed by atoms with Gasteiger partial charge in [0.15, 0.2) is 11.5 Å². The van der Waals surface area contributed by atoms with Gasteiger partial charge in [0.25, 0.3) is 0 Å². The molecule has 1 heterocycles. The minimum absolute atomic E-state index is 0.00322. The number of aliphatic carboxylic acids is 1. The number of hydrogen-bond acceptors (Lipinski definition) is 4. The van der Waals surface area contributed by atoms with Crippen LogP contribution >= 0.6 is 0 Å². The van der Waals surface area contributed by atoms with Gasteiger partial charge in [-0.05, 0) is 49.6 Å². The Morgan fingerprint density at radius 2 is 1.96 bits per heavy atom. The van der Waals surface area contributed by atoms with Gasteiger partial charge in [-0.2, -0.15) is 0 Å². The van der Waals surface area contributed by atoms with Gasteiger partial charge in [-0.15, -0.1) is 0 Å². The lowest BCUT2D eigenvalue weighted by atomic mass is 9.97. The zero-order valence-corrected chi connectivity index (χ0v) is 15.9. The fourth-order valence-electron chi connectivity index (χ4n) is 3.67. The molecule has 2 unspecified atom stereocenters. The Kier molecular flexibility index (Phi) is 6.35. The summed E-state index contributed by atoms with van der Waals surface area (Å²) < 4.78 is 11.4. The summed E-state index contributed by atoms with van der Waals surface area (Å²) in [4.78, 5) is 13.7. The maximum atomic E-state index is 11.6. The highest BCUT2D eigenvalue weighted by Gasteiger charge is 2.32. The van der Waals surface area contributed by atoms with Crippen LogP contribution in [0, 0.1) is 0 Å². The number of ether oxygens (including phenoxy) is 2. The highest BCUT2D eigenvalue weighted by atomic mass is 16.5. The van der Waals surface area contributed by atoms with Gasteiger partial charge in [0.05, 0.1) is 7.11 Å². The molecular formula is C22H27NO4. The third-order valence-electron chi connectivity index (χ3n) is 5.23. The molecule has 1 aliphatic heterocycles. The molecule has 1 N–H and O–H groups in total. The first-order valence-electron chi connectivity index (χ1n) is 9.43. The van der Waals surface area contributed by atoms with E-state index in [4.69, 9.17) is 9.47 Å². The van der Waals surface area contributed by atoms with Crippen molar-refractivity contribution in [1.82, 2.24) is 4.90 Å². The first-order chi connectivity index (χ1) is 13.1. The van der Waals surface area contributed by atoms with E-state index in [1.807, 2.05) is 48.5 Å². The Hall–Kier alpha value is -2.53. The monoisotopic (exact) mass is 369 g/mol. The summed E-state index contributed by atoms with van der Waals surface area (Å²) in [5.74, 6) is 0.612. The number of hydrogen-bond donors (Lipinski definition) is 1. The predicted molar refractivity (Wildman–Crippen MR) is 104 cm³/mol. The Bertz CT molecular complexity index is 762. The summed E-state index contributed by atoms with van der Waals surface area (Å²) in [7, 11) is 1.63. The van der Waals surface area contributed by atoms with Crippen LogP contribution in [0.15, 0.2) is 48.5 Å². The minimum Gasteiger partial charge on any atom is -0.493 e. The average Bonchev–Trinajstić information content (AvgIpc) is 2.72. The Balaban J connectivity index is 1.75. The molecule has 0 aromatic heterocycles. The van der Waals surface area contributed by atoms with Crippen molar-refractivity contribution in [3.8, 4) is 11.5 Å². The number of methoxy groups -OCH3 is 1. The molecule has 3 rings (SSSR count). The van der Waals surface area contributed by atoms with Gasteiger partial charge in [0.2, 0.25) is 0 Å². The van der Waals surface area contributed by atoms with E-state index in [2.05, 4.69) is 11.8 Å². The van der Waals surface area contributed by atoms with Crippen molar-refractivity contribution in [1.29, 1.82) is 0 Å². The van der Waals surface area contributed by atoms with Gasteiger partial charge in [0, 0.05) is 6.04 Å². The predicted octanol–water partition coefficient (Wildman–Crippen LogP) is 4.27. The van der Waals surface area contributed by atoms with Crippen molar-refractivity contribution >= 4 is 5.97 Å². The molecule has 5 heteroatoms. The zero-order chi connectivity index (χ0) is 19.2. The molecule has 2 atom stereocenters. The van der Waals surface area contributed by atoms with Gasteiger partial charge < -0.3 is 14.6 Å². The first-order valence-corrected chi connectivity index (χ1v) is 9.43. The maximum Gasteiger partial charge on any atom is 0.320 e. The molecule has 0 saturated carbocycles. The van der Waals surface area contributed by atoms with Crippen LogP contribution in [0.1, 0.15) is 43.4 Å². The van der Waals surface area contributed by atoms with Gasteiger partial charge in [-0.1, -0.05) is 42.8 Å². The molecule has 0 amide bonds. The molecule has 144 valence electrons. The molecule has 1 fully saturated rings. The highest BCUT2D eigenvalue weighted by molar-refractivity contribution is 5.73. The second kappa shape index (κ2) is 8.91. The number of rotatable bonds is 7. The number of carboxylic acids is 1. The average molecular weight is 369 g/mol. The maximum absolute atomic E-state index is 11.6. The topological polar surface area (TPSA) is 59.0 Å². The van der Waals surface area contributed by atoms with Crippen LogP contribution < -0.4 is 9.47 Å². The van der Waals surface area contributed by atoms with E-state index in [9.17, 15) is 9.90 Å². The molecule has 2 aromatic carbocycles. The van der Waals surface area contributed by atoms with Gasteiger partial charge in [0.1, 0.15) is 12.6 Å². The van der Waals surface area contributed by atoms with Crippen LogP contribution in [0.2, 0.25) is 0 Å². The summed E-state index contributed by atoms with van der Waals surface area (Å²) in [6, 6.07) is 15.4. The Labute approximate surface area is 160 Å². The van der Waals surface area contributed by atoms with Crippen molar-refractivity contribution in [2.45, 2.75) is 44.9 Å². The molecule has 1 saturated heterocycles. The lowest BCUT2D eigenvalue weighted by Gasteiger charge is -2.37. The second-order valence-electron chi connectivity index (χ2n) is 6.95. The number of piperidine rings is 1. The van der Waals surface area contributed by atoms with Crippen molar-refractivity contribution in [3.05, 3.63) is 59.7 Å². The van der Waals surface area contributed by atoms with Crippen molar-refractivity contribution in [2.24, 2.45) is 0 Å². The van der Waals surface area contributed by atoms with Crippen LogP contribution in [0.3, 0.4) is 0 Å². The van der Waals surface area contributed by atoms with E-state index in [1.54, 1.807) is 7.11 Å². The van der Waals surface area contributed by atoms with Crippen LogP contribution in [0.5, 0.6) is 11.5 Å². The fourth-order valence-corrected chi connectivity index (χ4v) is 3.67. The normalized spacial score (nSPS) is 18.7. The van der Waals surface area contributed by atoms with Gasteiger partial charge in [-0.25, -0.2) is 0 Å². The van der Waals surface area contributed by atoms with Crippen molar-refractivity contribution in [3.63, 3.8) is 0 Å². The smallest absolute Gasteiger partial charge is 0.320 e. The highest BCUT2D eigenvalue weighted by Crippen LogP contribution is 2.34. The molecule has 0 aliphatic carbocycles. The van der Waals surface area contributed by atoms with Crippen LogP contribution in [0.25, 0.3) is 0 Å². The lowest BCUT2D eigenvalue weighted by Crippen LogP contribution is -2.45. The molecule has 2 aromatic rings. The summed E-state index contributed by atoms with van der Waals surface area (Å²) in [6.07, 6.45) is 2.70. The Morgan fingerprint density at radius 3 is 2.67 bits per heavy atom. The molecule has 27 heavy (non-hydrogen) atoms. The number of carbonyl (C=O) groups is 1. The summed E-state index contributed by atoms with van der Waals surface area (Å²) in [6.45, 7) is 3.33. The van der Waals surface area contributed by atoms with Crippen LogP contribution in [-0.4, -0.2) is 35.7 Å². The van der Waals surface area contributed by atoms with E-state index < -0.39 is 12.0 Å². The summed E-state index contributed by atoms with van der Waals surface area (Å²) in [5.41, 5.74) is 2.13. The quantitative estimate of drug-likeness (QED) is 0.790. The third-order valence-corrected chi connectivity index (χ3v) is 5.23.